The lowest BCUT2D eigenvalue weighted by Gasteiger charge is -2.10. The van der Waals surface area contributed by atoms with Crippen LogP contribution in [0, 0.1) is 5.92 Å². The number of aromatic nitrogens is 2. The van der Waals surface area contributed by atoms with Gasteiger partial charge >= 0.3 is 0 Å². The van der Waals surface area contributed by atoms with Crippen LogP contribution in [0.15, 0.2) is 24.3 Å². The summed E-state index contributed by atoms with van der Waals surface area (Å²) >= 11 is 0. The number of fused-ring (bicyclic) bond motifs is 1. The lowest BCUT2D eigenvalue weighted by Crippen LogP contribution is -2.13. The van der Waals surface area contributed by atoms with Gasteiger partial charge in [-0.2, -0.15) is 5.10 Å². The minimum atomic E-state index is 0.681. The molecule has 1 N–H and O–H groups in total. The van der Waals surface area contributed by atoms with Gasteiger partial charge in [0.05, 0.1) is 11.2 Å². The van der Waals surface area contributed by atoms with E-state index in [2.05, 4.69) is 55.0 Å². The molecule has 0 bridgehead atoms. The molecule has 2 rings (SSSR count). The summed E-state index contributed by atoms with van der Waals surface area (Å²) in [6.07, 6.45) is 2.50. The van der Waals surface area contributed by atoms with Crippen LogP contribution in [0.5, 0.6) is 0 Å². The number of hydrogen-bond acceptors (Lipinski definition) is 2. The summed E-state index contributed by atoms with van der Waals surface area (Å²) in [6, 6.07) is 8.55. The highest BCUT2D eigenvalue weighted by Gasteiger charge is 2.11. The van der Waals surface area contributed by atoms with Crippen LogP contribution >= 0.6 is 0 Å². The first-order chi connectivity index (χ1) is 9.26. The number of para-hydroxylation sites is 1. The van der Waals surface area contributed by atoms with Crippen LogP contribution in [-0.2, 0) is 13.1 Å². The maximum atomic E-state index is 4.80. The van der Waals surface area contributed by atoms with Crippen LogP contribution < -0.4 is 5.32 Å². The number of nitrogens with zero attached hydrogens (tertiary/aromatic N) is 2. The lowest BCUT2D eigenvalue weighted by atomic mass is 10.1. The van der Waals surface area contributed by atoms with E-state index in [1.165, 1.54) is 29.4 Å². The van der Waals surface area contributed by atoms with E-state index < -0.39 is 0 Å². The highest BCUT2D eigenvalue weighted by molar-refractivity contribution is 5.81. The molecule has 1 heterocycles. The third-order valence-electron chi connectivity index (χ3n) is 3.54. The number of rotatable bonds is 7. The zero-order chi connectivity index (χ0) is 13.7. The quantitative estimate of drug-likeness (QED) is 0.823. The molecular weight excluding hydrogens is 234 g/mol. The maximum absolute atomic E-state index is 4.80. The fourth-order valence-corrected chi connectivity index (χ4v) is 2.59. The van der Waals surface area contributed by atoms with Gasteiger partial charge in [-0.05, 0) is 24.9 Å². The lowest BCUT2D eigenvalue weighted by molar-refractivity contribution is 0.426. The predicted molar refractivity (Wildman–Crippen MR) is 81.2 cm³/mol. The number of benzene rings is 1. The van der Waals surface area contributed by atoms with E-state index in [1.54, 1.807) is 0 Å². The standard InChI is InChI=1S/C16H25N3/c1-4-8-13(3)12-19-16-10-7-6-9-14(16)15(18-19)11-17-5-2/h6-7,9-10,13,17H,4-5,8,11-12H2,1-3H3. The summed E-state index contributed by atoms with van der Waals surface area (Å²) in [5.74, 6) is 0.681. The smallest absolute Gasteiger partial charge is 0.0841 e. The predicted octanol–water partition coefficient (Wildman–Crippen LogP) is 3.58. The van der Waals surface area contributed by atoms with E-state index in [9.17, 15) is 0 Å². The van der Waals surface area contributed by atoms with Crippen LogP contribution in [0.2, 0.25) is 0 Å². The van der Waals surface area contributed by atoms with E-state index in [0.717, 1.165) is 19.6 Å². The van der Waals surface area contributed by atoms with Crippen LogP contribution in [-0.4, -0.2) is 16.3 Å². The minimum absolute atomic E-state index is 0.681. The largest absolute Gasteiger partial charge is 0.311 e. The molecule has 104 valence electrons. The van der Waals surface area contributed by atoms with Crippen molar-refractivity contribution in [2.24, 2.45) is 5.92 Å². The summed E-state index contributed by atoms with van der Waals surface area (Å²) in [7, 11) is 0. The second-order valence-electron chi connectivity index (χ2n) is 5.32. The maximum Gasteiger partial charge on any atom is 0.0841 e. The molecule has 0 aliphatic rings. The summed E-state index contributed by atoms with van der Waals surface area (Å²) in [5, 5.41) is 9.46. The van der Waals surface area contributed by atoms with E-state index in [-0.39, 0.29) is 0 Å². The summed E-state index contributed by atoms with van der Waals surface area (Å²) in [6.45, 7) is 9.53. The highest BCUT2D eigenvalue weighted by Crippen LogP contribution is 2.20. The molecule has 2 aromatic rings. The van der Waals surface area contributed by atoms with Crippen molar-refractivity contribution in [3.8, 4) is 0 Å². The van der Waals surface area contributed by atoms with Gasteiger partial charge in [0.2, 0.25) is 0 Å². The van der Waals surface area contributed by atoms with Crippen molar-refractivity contribution in [3.05, 3.63) is 30.0 Å². The van der Waals surface area contributed by atoms with Crippen LogP contribution in [0.3, 0.4) is 0 Å². The molecule has 3 nitrogen and oxygen atoms in total. The van der Waals surface area contributed by atoms with Gasteiger partial charge in [0.1, 0.15) is 0 Å². The number of hydrogen-bond donors (Lipinski definition) is 1. The van der Waals surface area contributed by atoms with Gasteiger partial charge < -0.3 is 5.32 Å². The molecule has 0 aliphatic heterocycles. The molecule has 1 unspecified atom stereocenters. The minimum Gasteiger partial charge on any atom is -0.311 e. The fourth-order valence-electron chi connectivity index (χ4n) is 2.59. The first-order valence-electron chi connectivity index (χ1n) is 7.41. The van der Waals surface area contributed by atoms with Crippen LogP contribution in [0.25, 0.3) is 10.9 Å². The number of nitrogens with one attached hydrogen (secondary N) is 1. The van der Waals surface area contributed by atoms with Crippen molar-refractivity contribution in [1.29, 1.82) is 0 Å². The molecule has 0 radical (unpaired) electrons. The Labute approximate surface area is 116 Å². The van der Waals surface area contributed by atoms with Crippen LogP contribution in [0.4, 0.5) is 0 Å². The van der Waals surface area contributed by atoms with Gasteiger partial charge in [-0.25, -0.2) is 0 Å². The average Bonchev–Trinajstić information content (AvgIpc) is 2.75. The van der Waals surface area contributed by atoms with Gasteiger partial charge in [0, 0.05) is 18.5 Å². The Morgan fingerprint density at radius 1 is 1.26 bits per heavy atom. The second kappa shape index (κ2) is 6.71. The molecular formula is C16H25N3. The van der Waals surface area contributed by atoms with Crippen LogP contribution in [0.1, 0.15) is 39.3 Å². The third-order valence-corrected chi connectivity index (χ3v) is 3.54. The molecule has 0 aliphatic carbocycles. The molecule has 1 atom stereocenters. The summed E-state index contributed by atoms with van der Waals surface area (Å²) in [5.41, 5.74) is 2.43. The van der Waals surface area contributed by atoms with Gasteiger partial charge in [-0.15, -0.1) is 0 Å². The molecule has 3 heteroatoms. The van der Waals surface area contributed by atoms with E-state index in [0.29, 0.717) is 5.92 Å². The Morgan fingerprint density at radius 3 is 2.79 bits per heavy atom. The average molecular weight is 259 g/mol. The Kier molecular flexibility index (Phi) is 4.97. The Hall–Kier alpha value is -1.35. The molecule has 1 aromatic carbocycles. The van der Waals surface area contributed by atoms with Crippen molar-refractivity contribution in [2.75, 3.05) is 6.54 Å². The zero-order valence-corrected chi connectivity index (χ0v) is 12.3. The second-order valence-corrected chi connectivity index (χ2v) is 5.32. The first-order valence-corrected chi connectivity index (χ1v) is 7.41. The summed E-state index contributed by atoms with van der Waals surface area (Å²) in [4.78, 5) is 0. The van der Waals surface area contributed by atoms with Crippen molar-refractivity contribution in [3.63, 3.8) is 0 Å². The monoisotopic (exact) mass is 259 g/mol. The van der Waals surface area contributed by atoms with Crippen molar-refractivity contribution < 1.29 is 0 Å². The first kappa shape index (κ1) is 14.1. The van der Waals surface area contributed by atoms with E-state index >= 15 is 0 Å². The van der Waals surface area contributed by atoms with E-state index in [1.807, 2.05) is 0 Å². The fraction of sp³-hybridized carbons (Fsp3) is 0.562. The molecule has 0 fully saturated rings. The van der Waals surface area contributed by atoms with Gasteiger partial charge in [-0.3, -0.25) is 4.68 Å². The Bertz CT molecular complexity index is 516. The topological polar surface area (TPSA) is 29.9 Å². The van der Waals surface area contributed by atoms with Crippen molar-refractivity contribution in [2.45, 2.75) is 46.7 Å². The molecule has 0 amide bonds. The molecule has 1 aromatic heterocycles. The van der Waals surface area contributed by atoms with Gasteiger partial charge in [0.25, 0.3) is 0 Å². The Morgan fingerprint density at radius 2 is 2.05 bits per heavy atom. The Balaban J connectivity index is 2.27. The summed E-state index contributed by atoms with van der Waals surface area (Å²) < 4.78 is 2.18. The molecule has 0 spiro atoms. The molecule has 19 heavy (non-hydrogen) atoms. The SMILES string of the molecule is CCCC(C)Cn1nc(CNCC)c2ccccc21. The highest BCUT2D eigenvalue weighted by atomic mass is 15.3. The molecule has 0 saturated heterocycles. The van der Waals surface area contributed by atoms with E-state index in [4.69, 9.17) is 5.10 Å². The zero-order valence-electron chi connectivity index (χ0n) is 12.3. The normalized spacial score (nSPS) is 13.0. The van der Waals surface area contributed by atoms with Gasteiger partial charge in [0.15, 0.2) is 0 Å². The van der Waals surface area contributed by atoms with Gasteiger partial charge in [-0.1, -0.05) is 45.4 Å². The van der Waals surface area contributed by atoms with Crippen molar-refractivity contribution in [1.82, 2.24) is 15.1 Å². The van der Waals surface area contributed by atoms with Crippen molar-refractivity contribution >= 4 is 10.9 Å². The molecule has 0 saturated carbocycles. The third kappa shape index (κ3) is 3.35.